The number of fused-ring (bicyclic) bond motifs is 1. The number of likely N-dealkylation sites (N-methyl/N-ethyl adjacent to an activating group) is 1. The molecule has 3 rings (SSSR count). The summed E-state index contributed by atoms with van der Waals surface area (Å²) >= 11 is 0. The second kappa shape index (κ2) is 7.21. The summed E-state index contributed by atoms with van der Waals surface area (Å²) in [6.45, 7) is 3.25. The third-order valence-corrected chi connectivity index (χ3v) is 3.81. The lowest BCUT2D eigenvalue weighted by molar-refractivity contribution is 0.0715. The topological polar surface area (TPSA) is 63.7 Å². The first-order valence-corrected chi connectivity index (χ1v) is 7.91. The van der Waals surface area contributed by atoms with E-state index in [0.29, 0.717) is 25.4 Å². The van der Waals surface area contributed by atoms with E-state index >= 15 is 0 Å². The first-order valence-electron chi connectivity index (χ1n) is 7.91. The molecule has 6 nitrogen and oxygen atoms in total. The summed E-state index contributed by atoms with van der Waals surface area (Å²) in [5.41, 5.74) is 1.92. The molecule has 0 unspecified atom stereocenters. The maximum absolute atomic E-state index is 12.2. The highest BCUT2D eigenvalue weighted by Gasteiger charge is 2.23. The van der Waals surface area contributed by atoms with Crippen molar-refractivity contribution in [2.75, 3.05) is 20.2 Å². The van der Waals surface area contributed by atoms with E-state index in [1.807, 2.05) is 43.3 Å². The third kappa shape index (κ3) is 3.95. The minimum Gasteiger partial charge on any atom is -0.486 e. The molecule has 126 valence electrons. The molecule has 1 aliphatic heterocycles. The van der Waals surface area contributed by atoms with Gasteiger partial charge in [0.05, 0.1) is 6.54 Å². The van der Waals surface area contributed by atoms with Gasteiger partial charge in [-0.05, 0) is 30.7 Å². The van der Waals surface area contributed by atoms with Crippen molar-refractivity contribution in [1.29, 1.82) is 0 Å². The summed E-state index contributed by atoms with van der Waals surface area (Å²) in [4.78, 5) is 18.0. The van der Waals surface area contributed by atoms with Crippen molar-refractivity contribution in [2.24, 2.45) is 0 Å². The van der Waals surface area contributed by atoms with E-state index in [1.165, 1.54) is 0 Å². The zero-order valence-corrected chi connectivity index (χ0v) is 13.9. The number of aryl methyl sites for hydroxylation is 1. The lowest BCUT2D eigenvalue weighted by atomic mass is 10.2. The predicted molar refractivity (Wildman–Crippen MR) is 90.2 cm³/mol. The molecule has 1 aromatic carbocycles. The van der Waals surface area contributed by atoms with Gasteiger partial charge >= 0.3 is 6.03 Å². The van der Waals surface area contributed by atoms with Crippen LogP contribution < -0.4 is 14.8 Å². The van der Waals surface area contributed by atoms with Crippen LogP contribution in [0.25, 0.3) is 0 Å². The Morgan fingerprint density at radius 3 is 2.83 bits per heavy atom. The zero-order chi connectivity index (χ0) is 16.9. The molecule has 2 amide bonds. The van der Waals surface area contributed by atoms with Crippen LogP contribution >= 0.6 is 0 Å². The molecule has 1 N–H and O–H groups in total. The van der Waals surface area contributed by atoms with E-state index < -0.39 is 0 Å². The average molecular weight is 327 g/mol. The fourth-order valence-corrected chi connectivity index (χ4v) is 2.46. The summed E-state index contributed by atoms with van der Waals surface area (Å²) < 4.78 is 11.5. The number of benzene rings is 1. The Balaban J connectivity index is 1.49. The van der Waals surface area contributed by atoms with Crippen LogP contribution in [0.5, 0.6) is 11.5 Å². The fraction of sp³-hybridized carbons (Fsp3) is 0.333. The van der Waals surface area contributed by atoms with Gasteiger partial charge in [-0.15, -0.1) is 0 Å². The number of ether oxygens (including phenoxy) is 2. The zero-order valence-electron chi connectivity index (χ0n) is 13.9. The smallest absolute Gasteiger partial charge is 0.317 e. The molecule has 2 aromatic rings. The van der Waals surface area contributed by atoms with Crippen LogP contribution in [-0.4, -0.2) is 42.2 Å². The Bertz CT molecular complexity index is 703. The molecule has 1 aromatic heterocycles. The van der Waals surface area contributed by atoms with Crippen molar-refractivity contribution in [3.05, 3.63) is 53.9 Å². The predicted octanol–water partition coefficient (Wildman–Crippen LogP) is 2.37. The molecule has 0 saturated heterocycles. The third-order valence-electron chi connectivity index (χ3n) is 3.81. The monoisotopic (exact) mass is 327 g/mol. The molecular weight excluding hydrogens is 306 g/mol. The second-order valence-electron chi connectivity index (χ2n) is 5.84. The van der Waals surface area contributed by atoms with Gasteiger partial charge in [0.25, 0.3) is 0 Å². The largest absolute Gasteiger partial charge is 0.486 e. The normalized spacial score (nSPS) is 15.7. The van der Waals surface area contributed by atoms with Gasteiger partial charge in [0.1, 0.15) is 6.61 Å². The maximum Gasteiger partial charge on any atom is 0.317 e. The van der Waals surface area contributed by atoms with E-state index in [2.05, 4.69) is 10.3 Å². The number of nitrogens with one attached hydrogen (secondary N) is 1. The maximum atomic E-state index is 12.2. The van der Waals surface area contributed by atoms with Gasteiger partial charge in [-0.25, -0.2) is 4.79 Å². The van der Waals surface area contributed by atoms with Crippen LogP contribution in [0.4, 0.5) is 4.79 Å². The first-order chi connectivity index (χ1) is 11.6. The number of nitrogens with zero attached hydrogens (tertiary/aromatic N) is 2. The summed E-state index contributed by atoms with van der Waals surface area (Å²) in [7, 11) is 1.74. The van der Waals surface area contributed by atoms with Gasteiger partial charge in [-0.3, -0.25) is 4.98 Å². The van der Waals surface area contributed by atoms with Crippen LogP contribution in [0.3, 0.4) is 0 Å². The van der Waals surface area contributed by atoms with Crippen molar-refractivity contribution in [1.82, 2.24) is 15.2 Å². The van der Waals surface area contributed by atoms with Crippen molar-refractivity contribution in [3.63, 3.8) is 0 Å². The van der Waals surface area contributed by atoms with Crippen LogP contribution in [0.15, 0.2) is 42.6 Å². The number of hydrogen-bond donors (Lipinski definition) is 1. The fourth-order valence-electron chi connectivity index (χ4n) is 2.46. The van der Waals surface area contributed by atoms with E-state index in [4.69, 9.17) is 9.47 Å². The first kappa shape index (κ1) is 16.1. The lowest BCUT2D eigenvalue weighted by Gasteiger charge is -2.29. The highest BCUT2D eigenvalue weighted by molar-refractivity contribution is 5.73. The van der Waals surface area contributed by atoms with E-state index in [0.717, 1.165) is 17.0 Å². The molecule has 0 radical (unpaired) electrons. The van der Waals surface area contributed by atoms with Crippen LogP contribution in [0, 0.1) is 6.92 Å². The standard InChI is InChI=1S/C18H21N3O3/c1-13-7-8-14(9-19-13)10-20-18(22)21(2)11-15-12-23-16-5-3-4-6-17(16)24-15/h3-9,15H,10-12H2,1-2H3,(H,20,22)/t15-/m0/s1. The molecule has 1 aliphatic rings. The summed E-state index contributed by atoms with van der Waals surface area (Å²) in [6, 6.07) is 11.3. The molecule has 1 atom stereocenters. The van der Waals surface area contributed by atoms with E-state index in [9.17, 15) is 4.79 Å². The Morgan fingerprint density at radius 1 is 1.29 bits per heavy atom. The summed E-state index contributed by atoms with van der Waals surface area (Å²) in [5.74, 6) is 1.46. The Hall–Kier alpha value is -2.76. The van der Waals surface area contributed by atoms with Crippen LogP contribution in [0.2, 0.25) is 0 Å². The SMILES string of the molecule is Cc1ccc(CNC(=O)N(C)C[C@H]2COc3ccccc3O2)cn1. The number of carbonyl (C=O) groups excluding carboxylic acids is 1. The molecule has 0 bridgehead atoms. The quantitative estimate of drug-likeness (QED) is 0.936. The number of urea groups is 1. The number of aromatic nitrogens is 1. The number of pyridine rings is 1. The Kier molecular flexibility index (Phi) is 4.84. The van der Waals surface area contributed by atoms with Crippen molar-refractivity contribution in [3.8, 4) is 11.5 Å². The highest BCUT2D eigenvalue weighted by Crippen LogP contribution is 2.30. The van der Waals surface area contributed by atoms with E-state index in [1.54, 1.807) is 18.1 Å². The molecule has 0 spiro atoms. The van der Waals surface area contributed by atoms with Gasteiger partial charge in [-0.1, -0.05) is 18.2 Å². The molecule has 2 heterocycles. The Morgan fingerprint density at radius 2 is 2.08 bits per heavy atom. The average Bonchev–Trinajstić information content (AvgIpc) is 2.61. The van der Waals surface area contributed by atoms with Crippen LogP contribution in [0.1, 0.15) is 11.3 Å². The molecule has 24 heavy (non-hydrogen) atoms. The number of para-hydroxylation sites is 2. The second-order valence-corrected chi connectivity index (χ2v) is 5.84. The van der Waals surface area contributed by atoms with Gasteiger partial charge < -0.3 is 19.7 Å². The van der Waals surface area contributed by atoms with Crippen molar-refractivity contribution < 1.29 is 14.3 Å². The van der Waals surface area contributed by atoms with Gasteiger partial charge in [0, 0.05) is 25.5 Å². The van der Waals surface area contributed by atoms with Crippen molar-refractivity contribution >= 4 is 6.03 Å². The molecule has 6 heteroatoms. The number of hydrogen-bond acceptors (Lipinski definition) is 4. The Labute approximate surface area is 141 Å². The number of amides is 2. The molecular formula is C18H21N3O3. The number of carbonyl (C=O) groups is 1. The highest BCUT2D eigenvalue weighted by atomic mass is 16.6. The van der Waals surface area contributed by atoms with Gasteiger partial charge in [0.2, 0.25) is 0 Å². The van der Waals surface area contributed by atoms with E-state index in [-0.39, 0.29) is 12.1 Å². The van der Waals surface area contributed by atoms with Gasteiger partial charge in [-0.2, -0.15) is 0 Å². The lowest BCUT2D eigenvalue weighted by Crippen LogP contribution is -2.45. The minimum absolute atomic E-state index is 0.155. The summed E-state index contributed by atoms with van der Waals surface area (Å²) in [6.07, 6.45) is 1.58. The minimum atomic E-state index is -0.184. The molecule has 0 fully saturated rings. The molecule has 0 aliphatic carbocycles. The number of rotatable bonds is 4. The molecule has 0 saturated carbocycles. The van der Waals surface area contributed by atoms with Gasteiger partial charge in [0.15, 0.2) is 17.6 Å². The van der Waals surface area contributed by atoms with Crippen molar-refractivity contribution in [2.45, 2.75) is 19.6 Å². The summed E-state index contributed by atoms with van der Waals surface area (Å²) in [5, 5.41) is 2.88. The van der Waals surface area contributed by atoms with Crippen LogP contribution in [-0.2, 0) is 6.54 Å².